The second-order valence-corrected chi connectivity index (χ2v) is 7.03. The number of rotatable bonds is 4. The second kappa shape index (κ2) is 5.43. The molecule has 1 fully saturated rings. The zero-order valence-electron chi connectivity index (χ0n) is 11.2. The third-order valence-corrected chi connectivity index (χ3v) is 5.12. The fourth-order valence-electron chi connectivity index (χ4n) is 2.47. The fraction of sp³-hybridized carbons (Fsp3) is 0.500. The lowest BCUT2D eigenvalue weighted by Gasteiger charge is -2.13. The lowest BCUT2D eigenvalue weighted by Crippen LogP contribution is -2.32. The average Bonchev–Trinajstić information content (AvgIpc) is 2.74. The molecule has 0 bridgehead atoms. The molecule has 0 radical (unpaired) electrons. The quantitative estimate of drug-likeness (QED) is 0.862. The van der Waals surface area contributed by atoms with Crippen LogP contribution in [-0.2, 0) is 10.0 Å². The van der Waals surface area contributed by atoms with E-state index in [2.05, 4.69) is 11.6 Å². The van der Waals surface area contributed by atoms with Crippen LogP contribution in [0.1, 0.15) is 43.5 Å². The van der Waals surface area contributed by atoms with E-state index in [0.29, 0.717) is 11.5 Å². The first kappa shape index (κ1) is 14.2. The molecule has 0 amide bonds. The Morgan fingerprint density at radius 3 is 2.32 bits per heavy atom. The van der Waals surface area contributed by atoms with Gasteiger partial charge in [0.2, 0.25) is 10.0 Å². The third-order valence-electron chi connectivity index (χ3n) is 3.59. The molecule has 0 aromatic heterocycles. The van der Waals surface area contributed by atoms with Crippen molar-refractivity contribution in [3.63, 3.8) is 0 Å². The molecule has 5 heteroatoms. The van der Waals surface area contributed by atoms with Crippen molar-refractivity contribution in [2.24, 2.45) is 5.92 Å². The van der Waals surface area contributed by atoms with Crippen molar-refractivity contribution < 1.29 is 13.2 Å². The van der Waals surface area contributed by atoms with Crippen LogP contribution in [0.2, 0.25) is 0 Å². The van der Waals surface area contributed by atoms with E-state index in [-0.39, 0.29) is 16.7 Å². The molecule has 1 aromatic rings. The number of ketones is 1. The minimum atomic E-state index is -3.47. The number of carbonyl (C=O) groups excluding carboxylic acids is 1. The Labute approximate surface area is 114 Å². The molecule has 1 aliphatic carbocycles. The van der Waals surface area contributed by atoms with Gasteiger partial charge in [-0.25, -0.2) is 13.1 Å². The number of sulfonamides is 1. The maximum Gasteiger partial charge on any atom is 0.240 e. The van der Waals surface area contributed by atoms with E-state index >= 15 is 0 Å². The first-order valence-electron chi connectivity index (χ1n) is 6.52. The number of hydrogen-bond acceptors (Lipinski definition) is 3. The molecule has 0 saturated heterocycles. The topological polar surface area (TPSA) is 63.2 Å². The summed E-state index contributed by atoms with van der Waals surface area (Å²) >= 11 is 0. The highest BCUT2D eigenvalue weighted by molar-refractivity contribution is 7.89. The standard InChI is InChI=1S/C14H19NO3S/c1-10-3-6-13(9-10)15-19(17,18)14-7-4-12(5-8-14)11(2)16/h4-5,7-8,10,13,15H,3,6,9H2,1-2H3. The molecule has 19 heavy (non-hydrogen) atoms. The summed E-state index contributed by atoms with van der Waals surface area (Å²) in [5.41, 5.74) is 0.522. The molecule has 1 N–H and O–H groups in total. The highest BCUT2D eigenvalue weighted by atomic mass is 32.2. The van der Waals surface area contributed by atoms with Gasteiger partial charge in [0.05, 0.1) is 4.90 Å². The van der Waals surface area contributed by atoms with Crippen LogP contribution in [0.5, 0.6) is 0 Å². The number of nitrogens with one attached hydrogen (secondary N) is 1. The molecule has 1 aliphatic rings. The smallest absolute Gasteiger partial charge is 0.240 e. The van der Waals surface area contributed by atoms with Gasteiger partial charge in [-0.3, -0.25) is 4.79 Å². The molecule has 0 spiro atoms. The van der Waals surface area contributed by atoms with Gasteiger partial charge in [-0.1, -0.05) is 19.1 Å². The van der Waals surface area contributed by atoms with Crippen LogP contribution in [0, 0.1) is 5.92 Å². The molecule has 2 atom stereocenters. The Kier molecular flexibility index (Phi) is 4.06. The van der Waals surface area contributed by atoms with Crippen LogP contribution in [0.15, 0.2) is 29.2 Å². The second-order valence-electron chi connectivity index (χ2n) is 5.32. The van der Waals surface area contributed by atoms with Crippen LogP contribution in [0.3, 0.4) is 0 Å². The monoisotopic (exact) mass is 281 g/mol. The summed E-state index contributed by atoms with van der Waals surface area (Å²) in [7, 11) is -3.47. The van der Waals surface area contributed by atoms with Crippen molar-refractivity contribution in [3.05, 3.63) is 29.8 Å². The Morgan fingerprint density at radius 1 is 1.21 bits per heavy atom. The predicted octanol–water partition coefficient (Wildman–Crippen LogP) is 2.36. The highest BCUT2D eigenvalue weighted by Gasteiger charge is 2.26. The van der Waals surface area contributed by atoms with E-state index in [0.717, 1.165) is 19.3 Å². The fourth-order valence-corrected chi connectivity index (χ4v) is 3.75. The molecule has 2 unspecified atom stereocenters. The van der Waals surface area contributed by atoms with E-state index in [1.807, 2.05) is 0 Å². The van der Waals surface area contributed by atoms with E-state index < -0.39 is 10.0 Å². The summed E-state index contributed by atoms with van der Waals surface area (Å²) in [6, 6.07) is 6.10. The number of Topliss-reactive ketones (excluding diaryl/α,β-unsaturated/α-hetero) is 1. The molecular formula is C14H19NO3S. The highest BCUT2D eigenvalue weighted by Crippen LogP contribution is 2.26. The summed E-state index contributed by atoms with van der Waals surface area (Å²) in [6.45, 7) is 3.59. The number of hydrogen-bond donors (Lipinski definition) is 1. The van der Waals surface area contributed by atoms with Gasteiger partial charge in [0, 0.05) is 11.6 Å². The van der Waals surface area contributed by atoms with Crippen LogP contribution in [0.4, 0.5) is 0 Å². The summed E-state index contributed by atoms with van der Waals surface area (Å²) in [4.78, 5) is 11.4. The molecule has 0 heterocycles. The maximum atomic E-state index is 12.2. The van der Waals surface area contributed by atoms with Gasteiger partial charge in [0.15, 0.2) is 5.78 Å². The minimum Gasteiger partial charge on any atom is -0.295 e. The van der Waals surface area contributed by atoms with E-state index in [1.54, 1.807) is 12.1 Å². The van der Waals surface area contributed by atoms with E-state index in [1.165, 1.54) is 19.1 Å². The van der Waals surface area contributed by atoms with Gasteiger partial charge in [-0.05, 0) is 44.2 Å². The van der Waals surface area contributed by atoms with Crippen molar-refractivity contribution in [2.75, 3.05) is 0 Å². The van der Waals surface area contributed by atoms with E-state index in [4.69, 9.17) is 0 Å². The SMILES string of the molecule is CC(=O)c1ccc(S(=O)(=O)NC2CCC(C)C2)cc1. The van der Waals surface area contributed by atoms with Crippen LogP contribution >= 0.6 is 0 Å². The van der Waals surface area contributed by atoms with Gasteiger partial charge < -0.3 is 0 Å². The Balaban J connectivity index is 2.13. The summed E-state index contributed by atoms with van der Waals surface area (Å²) in [5, 5.41) is 0. The van der Waals surface area contributed by atoms with Crippen molar-refractivity contribution in [1.82, 2.24) is 4.72 Å². The Morgan fingerprint density at radius 2 is 1.84 bits per heavy atom. The first-order valence-corrected chi connectivity index (χ1v) is 8.00. The Bertz CT molecular complexity index is 563. The van der Waals surface area contributed by atoms with E-state index in [9.17, 15) is 13.2 Å². The van der Waals surface area contributed by atoms with Crippen molar-refractivity contribution in [1.29, 1.82) is 0 Å². The van der Waals surface area contributed by atoms with Gasteiger partial charge in [0.25, 0.3) is 0 Å². The maximum absolute atomic E-state index is 12.2. The predicted molar refractivity (Wildman–Crippen MR) is 73.6 cm³/mol. The van der Waals surface area contributed by atoms with Crippen LogP contribution < -0.4 is 4.72 Å². The van der Waals surface area contributed by atoms with Crippen molar-refractivity contribution in [3.8, 4) is 0 Å². The lowest BCUT2D eigenvalue weighted by molar-refractivity contribution is 0.101. The third kappa shape index (κ3) is 3.42. The average molecular weight is 281 g/mol. The normalized spacial score (nSPS) is 23.5. The molecule has 1 saturated carbocycles. The molecule has 4 nitrogen and oxygen atoms in total. The van der Waals surface area contributed by atoms with Gasteiger partial charge in [-0.2, -0.15) is 0 Å². The molecular weight excluding hydrogens is 262 g/mol. The van der Waals surface area contributed by atoms with Gasteiger partial charge in [0.1, 0.15) is 0 Å². The summed E-state index contributed by atoms with van der Waals surface area (Å²) in [5.74, 6) is 0.509. The summed E-state index contributed by atoms with van der Waals surface area (Å²) in [6.07, 6.45) is 2.85. The molecule has 0 aliphatic heterocycles. The molecule has 1 aromatic carbocycles. The zero-order chi connectivity index (χ0) is 14.0. The number of carbonyl (C=O) groups is 1. The zero-order valence-corrected chi connectivity index (χ0v) is 12.0. The van der Waals surface area contributed by atoms with Crippen LogP contribution in [0.25, 0.3) is 0 Å². The largest absolute Gasteiger partial charge is 0.295 e. The Hall–Kier alpha value is -1.20. The van der Waals surface area contributed by atoms with Crippen molar-refractivity contribution in [2.45, 2.75) is 44.0 Å². The van der Waals surface area contributed by atoms with Gasteiger partial charge >= 0.3 is 0 Å². The first-order chi connectivity index (χ1) is 8.88. The van der Waals surface area contributed by atoms with Crippen LogP contribution in [-0.4, -0.2) is 20.2 Å². The lowest BCUT2D eigenvalue weighted by atomic mass is 10.1. The molecule has 104 valence electrons. The minimum absolute atomic E-state index is 0.0347. The van der Waals surface area contributed by atoms with Crippen molar-refractivity contribution >= 4 is 15.8 Å². The summed E-state index contributed by atoms with van der Waals surface area (Å²) < 4.78 is 27.1. The number of benzene rings is 1. The molecule has 2 rings (SSSR count). The van der Waals surface area contributed by atoms with Gasteiger partial charge in [-0.15, -0.1) is 0 Å².